The van der Waals surface area contributed by atoms with Gasteiger partial charge in [0.15, 0.2) is 0 Å². The normalized spacial score (nSPS) is 11.1. The van der Waals surface area contributed by atoms with E-state index in [0.717, 1.165) is 38.4 Å². The van der Waals surface area contributed by atoms with Crippen LogP contribution in [0.25, 0.3) is 22.3 Å². The summed E-state index contributed by atoms with van der Waals surface area (Å²) in [6, 6.07) is 12.1. The van der Waals surface area contributed by atoms with Gasteiger partial charge in [0, 0.05) is 42.9 Å². The summed E-state index contributed by atoms with van der Waals surface area (Å²) >= 11 is 6.55. The van der Waals surface area contributed by atoms with Crippen molar-refractivity contribution in [1.29, 1.82) is 0 Å². The zero-order valence-corrected chi connectivity index (χ0v) is 13.4. The van der Waals surface area contributed by atoms with Crippen molar-refractivity contribution in [3.05, 3.63) is 46.8 Å². The molecule has 4 heteroatoms. The molecule has 0 unspecified atom stereocenters. The van der Waals surface area contributed by atoms with E-state index in [9.17, 15) is 0 Å². The van der Waals surface area contributed by atoms with Crippen molar-refractivity contribution in [2.45, 2.75) is 0 Å². The Bertz CT molecular complexity index is 860. The third-order valence-electron chi connectivity index (χ3n) is 3.66. The molecular formula is C17H18ClN2O+. The highest BCUT2D eigenvalue weighted by molar-refractivity contribution is 6.38. The Morgan fingerprint density at radius 1 is 1.05 bits per heavy atom. The van der Waals surface area contributed by atoms with Crippen LogP contribution < -0.4 is 14.8 Å². The van der Waals surface area contributed by atoms with E-state index < -0.39 is 0 Å². The van der Waals surface area contributed by atoms with Gasteiger partial charge in [-0.1, -0.05) is 11.6 Å². The maximum atomic E-state index is 6.55. The second-order valence-electron chi connectivity index (χ2n) is 5.57. The van der Waals surface area contributed by atoms with Gasteiger partial charge in [0.1, 0.15) is 25.4 Å². The number of anilines is 1. The van der Waals surface area contributed by atoms with Crippen molar-refractivity contribution in [2.75, 3.05) is 33.1 Å². The van der Waals surface area contributed by atoms with Gasteiger partial charge < -0.3 is 9.32 Å². The van der Waals surface area contributed by atoms with Crippen LogP contribution in [0.1, 0.15) is 0 Å². The maximum Gasteiger partial charge on any atom is 0.203 e. The number of fused-ring (bicyclic) bond motifs is 2. The Balaban J connectivity index is 2.39. The van der Waals surface area contributed by atoms with E-state index in [1.807, 2.05) is 74.1 Å². The zero-order chi connectivity index (χ0) is 15.1. The van der Waals surface area contributed by atoms with Crippen LogP contribution >= 0.6 is 11.6 Å². The van der Waals surface area contributed by atoms with Crippen LogP contribution in [0.3, 0.4) is 0 Å². The van der Waals surface area contributed by atoms with E-state index >= 15 is 0 Å². The van der Waals surface area contributed by atoms with Crippen molar-refractivity contribution in [1.82, 2.24) is 4.58 Å². The quantitative estimate of drug-likeness (QED) is 0.507. The molecule has 3 rings (SSSR count). The summed E-state index contributed by atoms with van der Waals surface area (Å²) in [6.45, 7) is 0. The molecule has 1 aliphatic carbocycles. The highest BCUT2D eigenvalue weighted by atomic mass is 35.5. The minimum Gasteiger partial charge on any atom is -0.456 e. The second-order valence-corrected chi connectivity index (χ2v) is 5.94. The molecule has 3 nitrogen and oxygen atoms in total. The van der Waals surface area contributed by atoms with Crippen molar-refractivity contribution in [3.8, 4) is 11.3 Å². The van der Waals surface area contributed by atoms with Crippen LogP contribution in [0.5, 0.6) is 0 Å². The fourth-order valence-corrected chi connectivity index (χ4v) is 2.69. The minimum atomic E-state index is 0.738. The highest BCUT2D eigenvalue weighted by Gasteiger charge is 2.15. The molecule has 0 saturated heterocycles. The Hall–Kier alpha value is -2.00. The molecule has 2 aliphatic rings. The molecule has 21 heavy (non-hydrogen) atoms. The Labute approximate surface area is 129 Å². The smallest absolute Gasteiger partial charge is 0.203 e. The Kier molecular flexibility index (Phi) is 3.38. The first-order valence-corrected chi connectivity index (χ1v) is 7.19. The molecule has 0 bridgehead atoms. The van der Waals surface area contributed by atoms with Gasteiger partial charge >= 0.3 is 0 Å². The molecular weight excluding hydrogens is 284 g/mol. The largest absolute Gasteiger partial charge is 0.456 e. The Morgan fingerprint density at radius 3 is 2.48 bits per heavy atom. The summed E-state index contributed by atoms with van der Waals surface area (Å²) in [5.41, 5.74) is 2.83. The zero-order valence-electron chi connectivity index (χ0n) is 12.6. The topological polar surface area (TPSA) is 19.4 Å². The van der Waals surface area contributed by atoms with E-state index in [0.29, 0.717) is 0 Å². The van der Waals surface area contributed by atoms with Gasteiger partial charge in [-0.25, -0.2) is 4.58 Å². The van der Waals surface area contributed by atoms with Crippen LogP contribution in [0.2, 0.25) is 5.02 Å². The number of halogens is 1. The number of hydrogen-bond donors (Lipinski definition) is 0. The van der Waals surface area contributed by atoms with E-state index in [4.69, 9.17) is 16.0 Å². The number of benzene rings is 2. The molecule has 108 valence electrons. The van der Waals surface area contributed by atoms with Crippen LogP contribution in [-0.2, 0) is 0 Å². The average Bonchev–Trinajstić information content (AvgIpc) is 2.46. The lowest BCUT2D eigenvalue weighted by atomic mass is 10.1. The number of nitrogens with zero attached hydrogens (tertiary/aromatic N) is 2. The molecule has 0 radical (unpaired) electrons. The first-order valence-electron chi connectivity index (χ1n) is 6.81. The molecule has 1 aliphatic heterocycles. The molecule has 0 saturated carbocycles. The predicted molar refractivity (Wildman–Crippen MR) is 89.3 cm³/mol. The average molecular weight is 302 g/mol. The van der Waals surface area contributed by atoms with Crippen molar-refractivity contribution < 1.29 is 4.42 Å². The van der Waals surface area contributed by atoms with Crippen LogP contribution in [0.15, 0.2) is 40.8 Å². The molecule has 0 fully saturated rings. The lowest BCUT2D eigenvalue weighted by molar-refractivity contribution is 0.617. The predicted octanol–water partition coefficient (Wildman–Crippen LogP) is 3.29. The van der Waals surface area contributed by atoms with E-state index in [2.05, 4.69) is 0 Å². The van der Waals surface area contributed by atoms with Crippen molar-refractivity contribution >= 4 is 28.3 Å². The molecule has 0 N–H and O–H groups in total. The van der Waals surface area contributed by atoms with Crippen molar-refractivity contribution in [2.24, 2.45) is 0 Å². The third-order valence-corrected chi connectivity index (χ3v) is 4.06. The van der Waals surface area contributed by atoms with Gasteiger partial charge in [-0.15, -0.1) is 0 Å². The second kappa shape index (κ2) is 5.08. The monoisotopic (exact) mass is 301 g/mol. The maximum absolute atomic E-state index is 6.55. The summed E-state index contributed by atoms with van der Waals surface area (Å²) in [6.07, 6.45) is 0. The van der Waals surface area contributed by atoms with E-state index in [1.54, 1.807) is 0 Å². The van der Waals surface area contributed by atoms with Crippen LogP contribution in [0, 0.1) is 0 Å². The summed E-state index contributed by atoms with van der Waals surface area (Å²) in [7, 11) is 8.03. The summed E-state index contributed by atoms with van der Waals surface area (Å²) in [5.74, 6) is 0.801. The van der Waals surface area contributed by atoms with Gasteiger partial charge in [0.05, 0.1) is 11.1 Å². The molecule has 0 spiro atoms. The number of rotatable bonds is 1. The first kappa shape index (κ1) is 14.0. The fourth-order valence-electron chi connectivity index (χ4n) is 2.37. The fraction of sp³-hybridized carbons (Fsp3) is 0.235. The molecule has 0 aromatic heterocycles. The van der Waals surface area contributed by atoms with Gasteiger partial charge in [0.2, 0.25) is 5.36 Å². The summed E-state index contributed by atoms with van der Waals surface area (Å²) in [5, 5.41) is 2.76. The van der Waals surface area contributed by atoms with Crippen LogP contribution in [0.4, 0.5) is 5.69 Å². The number of hydrogen-bond acceptors (Lipinski definition) is 2. The molecule has 1 aromatic carbocycles. The summed E-state index contributed by atoms with van der Waals surface area (Å²) in [4.78, 5) is 2.04. The molecule has 1 heterocycles. The van der Waals surface area contributed by atoms with Gasteiger partial charge in [-0.2, -0.15) is 0 Å². The van der Waals surface area contributed by atoms with Gasteiger partial charge in [-0.3, -0.25) is 0 Å². The third kappa shape index (κ3) is 2.38. The van der Waals surface area contributed by atoms with Crippen molar-refractivity contribution in [3.63, 3.8) is 0 Å². The van der Waals surface area contributed by atoms with Crippen LogP contribution in [-0.4, -0.2) is 28.2 Å². The first-order chi connectivity index (χ1) is 9.97. The van der Waals surface area contributed by atoms with Gasteiger partial charge in [-0.05, 0) is 18.2 Å². The lowest BCUT2D eigenvalue weighted by Gasteiger charge is -2.15. The molecule has 0 atom stereocenters. The SMILES string of the molecule is CN(C)c1ccc2c(Cl)c3ccc(=[N+](C)C)cc-3oc2c1. The van der Waals surface area contributed by atoms with Gasteiger partial charge in [0.25, 0.3) is 0 Å². The summed E-state index contributed by atoms with van der Waals surface area (Å²) < 4.78 is 8.12. The van der Waals surface area contributed by atoms with E-state index in [-0.39, 0.29) is 0 Å². The molecule has 1 aromatic rings. The van der Waals surface area contributed by atoms with E-state index in [1.165, 1.54) is 0 Å². The highest BCUT2D eigenvalue weighted by Crippen LogP contribution is 2.37. The lowest BCUT2D eigenvalue weighted by Crippen LogP contribution is -2.21. The standard InChI is InChI=1S/C17H18ClN2O/c1-19(2)11-5-7-13-15(9-11)21-16-10-12(20(3)4)6-8-14(16)17(13)18/h5-10H,1-4H3/q+1. The molecule has 0 amide bonds. The Morgan fingerprint density at radius 2 is 1.81 bits per heavy atom. The minimum absolute atomic E-state index is 0.738.